The van der Waals surface area contributed by atoms with Crippen LogP contribution in [-0.4, -0.2) is 22.6 Å². The summed E-state index contributed by atoms with van der Waals surface area (Å²) in [5.74, 6) is 0. The molecule has 0 fully saturated rings. The Morgan fingerprint density at radius 2 is 2.00 bits per heavy atom. The average molecular weight is 239 g/mol. The summed E-state index contributed by atoms with van der Waals surface area (Å²) in [5.41, 5.74) is -0.385. The number of H-pyrrole nitrogens is 1. The van der Waals surface area contributed by atoms with Crippen LogP contribution in [0.1, 0.15) is 27.2 Å². The molecule has 0 saturated carbocycles. The zero-order valence-electron chi connectivity index (χ0n) is 10.7. The Labute approximate surface area is 101 Å². The predicted octanol–water partition coefficient (Wildman–Crippen LogP) is 0.562. The fourth-order valence-corrected chi connectivity index (χ4v) is 1.41. The highest BCUT2D eigenvalue weighted by molar-refractivity contribution is 4.82. The van der Waals surface area contributed by atoms with Crippen molar-refractivity contribution in [3.63, 3.8) is 0 Å². The average Bonchev–Trinajstić information content (AvgIpc) is 2.18. The molecular weight excluding hydrogens is 218 g/mol. The molecule has 0 aliphatic heterocycles. The Morgan fingerprint density at radius 1 is 1.29 bits per heavy atom. The summed E-state index contributed by atoms with van der Waals surface area (Å²) in [7, 11) is 0. The predicted molar refractivity (Wildman–Crippen MR) is 68.3 cm³/mol. The molecule has 0 bridgehead atoms. The first kappa shape index (κ1) is 13.7. The first-order chi connectivity index (χ1) is 7.88. The lowest BCUT2D eigenvalue weighted by atomic mass is 9.92. The van der Waals surface area contributed by atoms with Gasteiger partial charge >= 0.3 is 5.69 Å². The van der Waals surface area contributed by atoms with Crippen molar-refractivity contribution in [2.75, 3.05) is 13.1 Å². The number of hydrogen-bond donors (Lipinski definition) is 2. The Balaban J connectivity index is 2.32. The first-order valence-electron chi connectivity index (χ1n) is 5.89. The molecule has 0 atom stereocenters. The van der Waals surface area contributed by atoms with Gasteiger partial charge in [-0.2, -0.15) is 0 Å². The number of aromatic amines is 1. The van der Waals surface area contributed by atoms with Gasteiger partial charge in [0, 0.05) is 25.4 Å². The van der Waals surface area contributed by atoms with Gasteiger partial charge < -0.3 is 5.32 Å². The molecule has 96 valence electrons. The fourth-order valence-electron chi connectivity index (χ4n) is 1.41. The van der Waals surface area contributed by atoms with E-state index in [-0.39, 0.29) is 11.2 Å². The van der Waals surface area contributed by atoms with Gasteiger partial charge in [-0.15, -0.1) is 0 Å². The zero-order valence-corrected chi connectivity index (χ0v) is 10.7. The van der Waals surface area contributed by atoms with Crippen molar-refractivity contribution < 1.29 is 0 Å². The molecule has 0 aromatic carbocycles. The smallest absolute Gasteiger partial charge is 0.315 e. The summed E-state index contributed by atoms with van der Waals surface area (Å²) < 4.78 is 1.49. The highest BCUT2D eigenvalue weighted by Gasteiger charge is 2.08. The molecule has 5 nitrogen and oxygen atoms in total. The number of aromatic nitrogens is 2. The minimum absolute atomic E-state index is 0.321. The molecule has 0 spiro atoms. The van der Waals surface area contributed by atoms with E-state index in [0.717, 1.165) is 19.5 Å². The molecule has 1 heterocycles. The summed E-state index contributed by atoms with van der Waals surface area (Å²) in [4.78, 5) is 24.4. The first-order valence-corrected chi connectivity index (χ1v) is 5.89. The van der Waals surface area contributed by atoms with E-state index in [4.69, 9.17) is 0 Å². The van der Waals surface area contributed by atoms with Crippen molar-refractivity contribution >= 4 is 0 Å². The maximum atomic E-state index is 11.3. The molecule has 0 radical (unpaired) electrons. The van der Waals surface area contributed by atoms with Crippen molar-refractivity contribution in [3.8, 4) is 0 Å². The van der Waals surface area contributed by atoms with Gasteiger partial charge in [-0.3, -0.25) is 14.3 Å². The van der Waals surface area contributed by atoms with Gasteiger partial charge in [0.25, 0.3) is 5.56 Å². The van der Waals surface area contributed by atoms with E-state index in [2.05, 4.69) is 31.1 Å². The number of nitrogens with zero attached hydrogens (tertiary/aromatic N) is 1. The molecular formula is C12H21N3O2. The van der Waals surface area contributed by atoms with Crippen molar-refractivity contribution in [3.05, 3.63) is 33.1 Å². The third-order valence-electron chi connectivity index (χ3n) is 2.48. The molecule has 0 aliphatic rings. The molecule has 0 amide bonds. The highest BCUT2D eigenvalue weighted by Crippen LogP contribution is 2.16. The van der Waals surface area contributed by atoms with Crippen LogP contribution in [0, 0.1) is 5.41 Å². The molecule has 1 aromatic rings. The second-order valence-electron chi connectivity index (χ2n) is 5.36. The van der Waals surface area contributed by atoms with E-state index in [0.29, 0.717) is 12.0 Å². The standard InChI is InChI=1S/C12H21N3O2/c1-12(2,3)5-6-13-7-9-15-8-4-10(16)14-11(15)17/h4,8,13H,5-7,9H2,1-3H3,(H,14,16,17). The third-order valence-corrected chi connectivity index (χ3v) is 2.48. The molecule has 0 unspecified atom stereocenters. The monoisotopic (exact) mass is 239 g/mol. The van der Waals surface area contributed by atoms with E-state index < -0.39 is 0 Å². The van der Waals surface area contributed by atoms with Crippen molar-refractivity contribution in [2.24, 2.45) is 5.41 Å². The van der Waals surface area contributed by atoms with E-state index in [1.54, 1.807) is 0 Å². The van der Waals surface area contributed by atoms with Crippen LogP contribution < -0.4 is 16.6 Å². The second kappa shape index (κ2) is 5.82. The zero-order chi connectivity index (χ0) is 12.9. The largest absolute Gasteiger partial charge is 0.328 e. The third kappa shape index (κ3) is 5.49. The van der Waals surface area contributed by atoms with E-state index >= 15 is 0 Å². The normalized spacial score (nSPS) is 11.7. The van der Waals surface area contributed by atoms with Gasteiger partial charge in [0.15, 0.2) is 0 Å². The van der Waals surface area contributed by atoms with Crippen molar-refractivity contribution in [2.45, 2.75) is 33.7 Å². The molecule has 0 saturated heterocycles. The van der Waals surface area contributed by atoms with Crippen molar-refractivity contribution in [1.82, 2.24) is 14.9 Å². The summed E-state index contributed by atoms with van der Waals surface area (Å²) >= 11 is 0. The van der Waals surface area contributed by atoms with E-state index in [9.17, 15) is 9.59 Å². The van der Waals surface area contributed by atoms with Crippen LogP contribution in [-0.2, 0) is 6.54 Å². The fraction of sp³-hybridized carbons (Fsp3) is 0.667. The van der Waals surface area contributed by atoms with Crippen LogP contribution in [0.25, 0.3) is 0 Å². The lowest BCUT2D eigenvalue weighted by molar-refractivity contribution is 0.365. The maximum Gasteiger partial charge on any atom is 0.328 e. The van der Waals surface area contributed by atoms with Crippen LogP contribution in [0.15, 0.2) is 21.9 Å². The number of nitrogens with one attached hydrogen (secondary N) is 2. The van der Waals surface area contributed by atoms with Crippen LogP contribution in [0.2, 0.25) is 0 Å². The molecule has 1 aromatic heterocycles. The quantitative estimate of drug-likeness (QED) is 0.738. The minimum atomic E-state index is -0.355. The van der Waals surface area contributed by atoms with Crippen LogP contribution >= 0.6 is 0 Å². The molecule has 2 N–H and O–H groups in total. The maximum absolute atomic E-state index is 11.3. The van der Waals surface area contributed by atoms with Gasteiger partial charge in [-0.25, -0.2) is 4.79 Å². The summed E-state index contributed by atoms with van der Waals surface area (Å²) in [5, 5.41) is 3.28. The molecule has 0 aliphatic carbocycles. The van der Waals surface area contributed by atoms with Crippen molar-refractivity contribution in [1.29, 1.82) is 0 Å². The lowest BCUT2D eigenvalue weighted by Crippen LogP contribution is -2.32. The van der Waals surface area contributed by atoms with Gasteiger partial charge in [0.1, 0.15) is 0 Å². The molecule has 5 heteroatoms. The topological polar surface area (TPSA) is 66.9 Å². The highest BCUT2D eigenvalue weighted by atomic mass is 16.2. The van der Waals surface area contributed by atoms with Gasteiger partial charge in [-0.1, -0.05) is 20.8 Å². The lowest BCUT2D eigenvalue weighted by Gasteiger charge is -2.18. The summed E-state index contributed by atoms with van der Waals surface area (Å²) in [6, 6.07) is 1.36. The Kier molecular flexibility index (Phi) is 4.69. The summed E-state index contributed by atoms with van der Waals surface area (Å²) in [6.07, 6.45) is 2.61. The van der Waals surface area contributed by atoms with Crippen LogP contribution in [0.4, 0.5) is 0 Å². The van der Waals surface area contributed by atoms with Crippen LogP contribution in [0.5, 0.6) is 0 Å². The van der Waals surface area contributed by atoms with Crippen LogP contribution in [0.3, 0.4) is 0 Å². The molecule has 17 heavy (non-hydrogen) atoms. The number of rotatable bonds is 5. The molecule has 1 rings (SSSR count). The Morgan fingerprint density at radius 3 is 2.59 bits per heavy atom. The summed E-state index contributed by atoms with van der Waals surface area (Å²) in [6.45, 7) is 8.81. The Hall–Kier alpha value is -1.36. The van der Waals surface area contributed by atoms with Gasteiger partial charge in [0.2, 0.25) is 0 Å². The minimum Gasteiger partial charge on any atom is -0.315 e. The van der Waals surface area contributed by atoms with Gasteiger partial charge in [0.05, 0.1) is 0 Å². The number of hydrogen-bond acceptors (Lipinski definition) is 3. The Bertz CT molecular complexity index is 454. The SMILES string of the molecule is CC(C)(C)CCNCCn1ccc(=O)[nH]c1=O. The van der Waals surface area contributed by atoms with E-state index in [1.807, 2.05) is 0 Å². The van der Waals surface area contributed by atoms with Gasteiger partial charge in [-0.05, 0) is 18.4 Å². The van der Waals surface area contributed by atoms with E-state index in [1.165, 1.54) is 16.8 Å². The second-order valence-corrected chi connectivity index (χ2v) is 5.36.